The minimum atomic E-state index is -0.888. The zero-order valence-electron chi connectivity index (χ0n) is 16.5. The van der Waals surface area contributed by atoms with Crippen LogP contribution >= 0.6 is 11.8 Å². The molecule has 1 aromatic carbocycles. The second-order valence-electron chi connectivity index (χ2n) is 6.55. The van der Waals surface area contributed by atoms with E-state index in [1.807, 2.05) is 0 Å². The molecule has 0 aliphatic carbocycles. The average Bonchev–Trinajstić information content (AvgIpc) is 3.36. The third-order valence-corrected chi connectivity index (χ3v) is 5.18. The van der Waals surface area contributed by atoms with Crippen LogP contribution in [0.3, 0.4) is 0 Å². The van der Waals surface area contributed by atoms with E-state index in [-0.39, 0.29) is 37.5 Å². The van der Waals surface area contributed by atoms with Crippen LogP contribution in [0.5, 0.6) is 17.2 Å². The number of aromatic nitrogens is 1. The summed E-state index contributed by atoms with van der Waals surface area (Å²) in [4.78, 5) is 24.0. The van der Waals surface area contributed by atoms with Crippen molar-refractivity contribution in [2.75, 3.05) is 31.0 Å². The molecule has 3 N–H and O–H groups in total. The Morgan fingerprint density at radius 3 is 2.87 bits per heavy atom. The van der Waals surface area contributed by atoms with Gasteiger partial charge in [0, 0.05) is 18.7 Å². The number of ether oxygens (including phenoxy) is 3. The third kappa shape index (κ3) is 6.29. The van der Waals surface area contributed by atoms with Crippen molar-refractivity contribution < 1.29 is 33.4 Å². The molecular formula is C19H23N3O7S. The van der Waals surface area contributed by atoms with Crippen molar-refractivity contribution in [2.24, 2.45) is 0 Å². The number of carbonyl (C=O) groups is 2. The monoisotopic (exact) mass is 437 g/mol. The van der Waals surface area contributed by atoms with Crippen molar-refractivity contribution in [3.63, 3.8) is 0 Å². The second kappa shape index (κ2) is 10.2. The highest BCUT2D eigenvalue weighted by atomic mass is 32.2. The molecule has 0 saturated heterocycles. The number of benzene rings is 1. The molecule has 1 aliphatic rings. The number of aliphatic hydroxyl groups is 1. The van der Waals surface area contributed by atoms with Gasteiger partial charge in [0.05, 0.1) is 11.0 Å². The summed E-state index contributed by atoms with van der Waals surface area (Å²) in [6, 6.07) is 6.72. The van der Waals surface area contributed by atoms with E-state index >= 15 is 0 Å². The first-order valence-corrected chi connectivity index (χ1v) is 10.3. The van der Waals surface area contributed by atoms with Crippen LogP contribution in [-0.4, -0.2) is 59.1 Å². The molecule has 2 unspecified atom stereocenters. The van der Waals surface area contributed by atoms with Gasteiger partial charge < -0.3 is 34.5 Å². The van der Waals surface area contributed by atoms with Crippen LogP contribution in [0, 0.1) is 6.92 Å². The maximum Gasteiger partial charge on any atom is 0.238 e. The van der Waals surface area contributed by atoms with Gasteiger partial charge in [0.2, 0.25) is 18.6 Å². The van der Waals surface area contributed by atoms with Gasteiger partial charge in [-0.3, -0.25) is 9.59 Å². The lowest BCUT2D eigenvalue weighted by molar-refractivity contribution is -0.119. The maximum atomic E-state index is 12.1. The largest absolute Gasteiger partial charge is 0.491 e. The van der Waals surface area contributed by atoms with E-state index in [9.17, 15) is 14.7 Å². The summed E-state index contributed by atoms with van der Waals surface area (Å²) < 4.78 is 20.9. The van der Waals surface area contributed by atoms with Crippen molar-refractivity contribution in [1.82, 2.24) is 10.5 Å². The van der Waals surface area contributed by atoms with Crippen LogP contribution in [-0.2, 0) is 9.59 Å². The van der Waals surface area contributed by atoms with Crippen LogP contribution in [0.15, 0.2) is 28.8 Å². The number of amides is 2. The molecule has 11 heteroatoms. The Hall–Kier alpha value is -2.92. The van der Waals surface area contributed by atoms with Gasteiger partial charge in [-0.2, -0.15) is 0 Å². The van der Waals surface area contributed by atoms with Crippen molar-refractivity contribution >= 4 is 29.4 Å². The molecule has 30 heavy (non-hydrogen) atoms. The summed E-state index contributed by atoms with van der Waals surface area (Å²) in [5, 5.41) is 18.5. The number of hydrogen-bond donors (Lipinski definition) is 3. The van der Waals surface area contributed by atoms with Gasteiger partial charge in [0.15, 0.2) is 17.3 Å². The summed E-state index contributed by atoms with van der Waals surface area (Å²) in [5.41, 5.74) is 0. The molecule has 2 aromatic rings. The van der Waals surface area contributed by atoms with Crippen LogP contribution < -0.4 is 24.8 Å². The number of aryl methyl sites for hydroxylation is 1. The van der Waals surface area contributed by atoms with Gasteiger partial charge in [0.1, 0.15) is 24.2 Å². The zero-order chi connectivity index (χ0) is 21.5. The predicted molar refractivity (Wildman–Crippen MR) is 109 cm³/mol. The lowest BCUT2D eigenvalue weighted by Crippen LogP contribution is -2.36. The van der Waals surface area contributed by atoms with E-state index in [1.165, 1.54) is 11.8 Å². The summed E-state index contributed by atoms with van der Waals surface area (Å²) >= 11 is 1.17. The van der Waals surface area contributed by atoms with Gasteiger partial charge in [0.25, 0.3) is 0 Å². The molecule has 1 aromatic heterocycles. The SMILES string of the molecule is Cc1cc(NC(=O)C(C)SCC(=O)NCC(O)COc2ccc3c(c2)OCO3)no1. The molecule has 2 heterocycles. The molecule has 0 saturated carbocycles. The van der Waals surface area contributed by atoms with Crippen LogP contribution in [0.4, 0.5) is 5.82 Å². The van der Waals surface area contributed by atoms with Crippen LogP contribution in [0.25, 0.3) is 0 Å². The van der Waals surface area contributed by atoms with Crippen molar-refractivity contribution in [2.45, 2.75) is 25.2 Å². The quantitative estimate of drug-likeness (QED) is 0.503. The number of nitrogens with one attached hydrogen (secondary N) is 2. The number of hydrogen-bond acceptors (Lipinski definition) is 9. The Morgan fingerprint density at radius 2 is 2.10 bits per heavy atom. The van der Waals surface area contributed by atoms with Gasteiger partial charge >= 0.3 is 0 Å². The molecule has 0 bridgehead atoms. The molecule has 0 spiro atoms. The summed E-state index contributed by atoms with van der Waals surface area (Å²) in [6.07, 6.45) is -0.888. The highest BCUT2D eigenvalue weighted by Gasteiger charge is 2.18. The number of anilines is 1. The Kier molecular flexibility index (Phi) is 7.41. The van der Waals surface area contributed by atoms with E-state index in [0.717, 1.165) is 0 Å². The fourth-order valence-electron chi connectivity index (χ4n) is 2.43. The first-order chi connectivity index (χ1) is 14.4. The van der Waals surface area contributed by atoms with Gasteiger partial charge in [-0.15, -0.1) is 11.8 Å². The van der Waals surface area contributed by atoms with E-state index in [1.54, 1.807) is 38.1 Å². The lowest BCUT2D eigenvalue weighted by Gasteiger charge is -2.14. The standard InChI is InChI=1S/C19H23N3O7S/c1-11-5-17(22-29-11)21-19(25)12(2)30-9-18(24)20-7-13(23)8-26-14-3-4-15-16(6-14)28-10-27-15/h3-6,12-13,23H,7-10H2,1-2H3,(H,20,24)(H,21,22,25). The molecule has 0 radical (unpaired) electrons. The van der Waals surface area contributed by atoms with Crippen molar-refractivity contribution in [3.8, 4) is 17.2 Å². The highest BCUT2D eigenvalue weighted by Crippen LogP contribution is 2.35. The number of fused-ring (bicyclic) bond motifs is 1. The Bertz CT molecular complexity index is 889. The minimum Gasteiger partial charge on any atom is -0.491 e. The van der Waals surface area contributed by atoms with Crippen LogP contribution in [0.1, 0.15) is 12.7 Å². The van der Waals surface area contributed by atoms with Gasteiger partial charge in [-0.1, -0.05) is 5.16 Å². The highest BCUT2D eigenvalue weighted by molar-refractivity contribution is 8.01. The molecule has 162 valence electrons. The van der Waals surface area contributed by atoms with Gasteiger partial charge in [-0.05, 0) is 26.0 Å². The summed E-state index contributed by atoms with van der Waals surface area (Å²) in [5.74, 6) is 2.18. The fraction of sp³-hybridized carbons (Fsp3) is 0.421. The molecule has 3 rings (SSSR count). The molecule has 1 aliphatic heterocycles. The maximum absolute atomic E-state index is 12.1. The number of rotatable bonds is 10. The average molecular weight is 437 g/mol. The first kappa shape index (κ1) is 21.8. The lowest BCUT2D eigenvalue weighted by atomic mass is 10.3. The third-order valence-electron chi connectivity index (χ3n) is 4.03. The molecule has 2 atom stereocenters. The van der Waals surface area contributed by atoms with Gasteiger partial charge in [-0.25, -0.2) is 0 Å². The second-order valence-corrected chi connectivity index (χ2v) is 7.88. The van der Waals surface area contributed by atoms with Crippen molar-refractivity contribution in [1.29, 1.82) is 0 Å². The molecule has 2 amide bonds. The topological polar surface area (TPSA) is 132 Å². The van der Waals surface area contributed by atoms with E-state index < -0.39 is 11.4 Å². The summed E-state index contributed by atoms with van der Waals surface area (Å²) in [7, 11) is 0. The minimum absolute atomic E-state index is 0.00297. The summed E-state index contributed by atoms with van der Waals surface area (Å²) in [6.45, 7) is 3.62. The van der Waals surface area contributed by atoms with E-state index in [0.29, 0.717) is 28.8 Å². The normalized spacial score (nSPS) is 14.1. The van der Waals surface area contributed by atoms with Crippen LogP contribution in [0.2, 0.25) is 0 Å². The van der Waals surface area contributed by atoms with E-state index in [2.05, 4.69) is 15.8 Å². The predicted octanol–water partition coefficient (Wildman–Crippen LogP) is 1.33. The molecular weight excluding hydrogens is 414 g/mol. The van der Waals surface area contributed by atoms with E-state index in [4.69, 9.17) is 18.7 Å². The Labute approximate surface area is 177 Å². The number of thioether (sulfide) groups is 1. The zero-order valence-corrected chi connectivity index (χ0v) is 17.4. The number of carbonyl (C=O) groups excluding carboxylic acids is 2. The smallest absolute Gasteiger partial charge is 0.238 e. The molecule has 10 nitrogen and oxygen atoms in total. The fourth-order valence-corrected chi connectivity index (χ4v) is 3.14. The molecule has 0 fully saturated rings. The Balaban J connectivity index is 1.31. The number of aliphatic hydroxyl groups excluding tert-OH is 1. The van der Waals surface area contributed by atoms with Crippen molar-refractivity contribution in [3.05, 3.63) is 30.0 Å². The Morgan fingerprint density at radius 1 is 1.30 bits per heavy atom. The first-order valence-electron chi connectivity index (χ1n) is 9.23. The number of nitrogens with zero attached hydrogens (tertiary/aromatic N) is 1.